The fourth-order valence-corrected chi connectivity index (χ4v) is 2.53. The van der Waals surface area contributed by atoms with Crippen LogP contribution in [-0.4, -0.2) is 21.1 Å². The number of carbonyl (C=O) groups excluding carboxylic acids is 1. The normalized spacial score (nSPS) is 10.3. The molecule has 0 radical (unpaired) electrons. The molecule has 0 bridgehead atoms. The molecule has 0 aliphatic rings. The first-order valence-corrected chi connectivity index (χ1v) is 7.22. The van der Waals surface area contributed by atoms with Crippen molar-refractivity contribution in [2.45, 2.75) is 0 Å². The van der Waals surface area contributed by atoms with Gasteiger partial charge in [0.2, 0.25) is 5.13 Å². The van der Waals surface area contributed by atoms with Crippen molar-refractivity contribution in [1.29, 1.82) is 0 Å². The molecular formula is C14H9ClN4OS. The topological polar surface area (TPSA) is 67.8 Å². The summed E-state index contributed by atoms with van der Waals surface area (Å²) in [7, 11) is 0. The number of nitrogens with one attached hydrogen (secondary N) is 1. The number of nitrogens with zero attached hydrogens (tertiary/aromatic N) is 3. The van der Waals surface area contributed by atoms with Gasteiger partial charge in [-0.3, -0.25) is 15.1 Å². The fraction of sp³-hybridized carbons (Fsp3) is 0. The van der Waals surface area contributed by atoms with Gasteiger partial charge in [0.15, 0.2) is 0 Å². The van der Waals surface area contributed by atoms with E-state index in [1.807, 2.05) is 12.1 Å². The lowest BCUT2D eigenvalue weighted by atomic mass is 10.2. The number of benzene rings is 1. The van der Waals surface area contributed by atoms with E-state index in [1.165, 1.54) is 11.3 Å². The molecule has 21 heavy (non-hydrogen) atoms. The quantitative estimate of drug-likeness (QED) is 0.803. The summed E-state index contributed by atoms with van der Waals surface area (Å²) in [5.41, 5.74) is 1.43. The zero-order valence-corrected chi connectivity index (χ0v) is 12.2. The predicted octanol–water partition coefficient (Wildman–Crippen LogP) is 3.51. The monoisotopic (exact) mass is 316 g/mol. The van der Waals surface area contributed by atoms with E-state index in [0.717, 1.165) is 10.6 Å². The first kappa shape index (κ1) is 13.7. The van der Waals surface area contributed by atoms with Crippen LogP contribution in [0.1, 0.15) is 10.4 Å². The molecule has 0 atom stereocenters. The van der Waals surface area contributed by atoms with Crippen LogP contribution >= 0.6 is 22.9 Å². The SMILES string of the molecule is O=C(Nc1nnc(-c2ccncc2)s1)c1ccc(Cl)cc1. The highest BCUT2D eigenvalue weighted by Gasteiger charge is 2.11. The Bertz CT molecular complexity index is 758. The van der Waals surface area contributed by atoms with Crippen molar-refractivity contribution in [3.05, 3.63) is 59.4 Å². The number of amides is 1. The molecule has 3 rings (SSSR count). The number of hydrogen-bond donors (Lipinski definition) is 1. The van der Waals surface area contributed by atoms with Gasteiger partial charge in [-0.15, -0.1) is 10.2 Å². The van der Waals surface area contributed by atoms with Gasteiger partial charge in [0.1, 0.15) is 5.01 Å². The van der Waals surface area contributed by atoms with Crippen molar-refractivity contribution in [3.8, 4) is 10.6 Å². The Morgan fingerprint density at radius 2 is 1.76 bits per heavy atom. The van der Waals surface area contributed by atoms with E-state index in [2.05, 4.69) is 20.5 Å². The predicted molar refractivity (Wildman–Crippen MR) is 82.5 cm³/mol. The maximum atomic E-state index is 12.0. The standard InChI is InChI=1S/C14H9ClN4OS/c15-11-3-1-9(2-4-11)12(20)17-14-19-18-13(21-14)10-5-7-16-8-6-10/h1-8H,(H,17,19,20). The minimum absolute atomic E-state index is 0.246. The summed E-state index contributed by atoms with van der Waals surface area (Å²) in [6.45, 7) is 0. The summed E-state index contributed by atoms with van der Waals surface area (Å²) >= 11 is 7.09. The summed E-state index contributed by atoms with van der Waals surface area (Å²) in [6.07, 6.45) is 3.37. The Morgan fingerprint density at radius 1 is 1.05 bits per heavy atom. The van der Waals surface area contributed by atoms with Gasteiger partial charge in [-0.05, 0) is 36.4 Å². The van der Waals surface area contributed by atoms with Crippen LogP contribution in [0.5, 0.6) is 0 Å². The highest BCUT2D eigenvalue weighted by molar-refractivity contribution is 7.18. The van der Waals surface area contributed by atoms with Gasteiger partial charge in [-0.25, -0.2) is 0 Å². The second-order valence-corrected chi connectivity index (χ2v) is 5.52. The first-order valence-electron chi connectivity index (χ1n) is 6.03. The van der Waals surface area contributed by atoms with Gasteiger partial charge in [-0.2, -0.15) is 0 Å². The molecule has 0 saturated carbocycles. The first-order chi connectivity index (χ1) is 10.2. The largest absolute Gasteiger partial charge is 0.296 e. The fourth-order valence-electron chi connectivity index (χ4n) is 1.66. The molecule has 0 fully saturated rings. The summed E-state index contributed by atoms with van der Waals surface area (Å²) < 4.78 is 0. The smallest absolute Gasteiger partial charge is 0.257 e. The molecule has 7 heteroatoms. The Morgan fingerprint density at radius 3 is 2.48 bits per heavy atom. The average Bonchev–Trinajstić information content (AvgIpc) is 2.97. The van der Waals surface area contributed by atoms with E-state index in [9.17, 15) is 4.79 Å². The van der Waals surface area contributed by atoms with Crippen molar-refractivity contribution in [2.75, 3.05) is 5.32 Å². The molecule has 0 aliphatic heterocycles. The van der Waals surface area contributed by atoms with Crippen LogP contribution in [-0.2, 0) is 0 Å². The molecule has 5 nitrogen and oxygen atoms in total. The zero-order chi connectivity index (χ0) is 14.7. The maximum Gasteiger partial charge on any atom is 0.257 e. The van der Waals surface area contributed by atoms with E-state index in [1.54, 1.807) is 36.7 Å². The van der Waals surface area contributed by atoms with Gasteiger partial charge < -0.3 is 0 Å². The minimum atomic E-state index is -0.246. The van der Waals surface area contributed by atoms with E-state index in [-0.39, 0.29) is 5.91 Å². The third-order valence-corrected chi connectivity index (χ3v) is 3.82. The van der Waals surface area contributed by atoms with Crippen molar-refractivity contribution >= 4 is 34.0 Å². The molecular weight excluding hydrogens is 308 g/mol. The lowest BCUT2D eigenvalue weighted by molar-refractivity contribution is 0.102. The second-order valence-electron chi connectivity index (χ2n) is 4.11. The van der Waals surface area contributed by atoms with Crippen LogP contribution in [0.3, 0.4) is 0 Å². The van der Waals surface area contributed by atoms with Gasteiger partial charge in [0, 0.05) is 28.5 Å². The number of aromatic nitrogens is 3. The lowest BCUT2D eigenvalue weighted by Gasteiger charge is -2.00. The van der Waals surface area contributed by atoms with Gasteiger partial charge >= 0.3 is 0 Å². The minimum Gasteiger partial charge on any atom is -0.296 e. The third kappa shape index (κ3) is 3.24. The molecule has 3 aromatic rings. The molecule has 0 unspecified atom stereocenters. The molecule has 0 spiro atoms. The number of halogens is 1. The molecule has 1 amide bonds. The van der Waals surface area contributed by atoms with Crippen molar-refractivity contribution in [2.24, 2.45) is 0 Å². The van der Waals surface area contributed by atoms with Crippen molar-refractivity contribution in [3.63, 3.8) is 0 Å². The van der Waals surface area contributed by atoms with Crippen LogP contribution in [0.4, 0.5) is 5.13 Å². The Balaban J connectivity index is 1.75. The Labute approximate surface area is 129 Å². The number of anilines is 1. The summed E-state index contributed by atoms with van der Waals surface area (Å²) in [4.78, 5) is 16.0. The van der Waals surface area contributed by atoms with Crippen LogP contribution < -0.4 is 5.32 Å². The molecule has 2 heterocycles. The summed E-state index contributed by atoms with van der Waals surface area (Å²) in [5.74, 6) is -0.246. The average molecular weight is 317 g/mol. The van der Waals surface area contributed by atoms with Crippen LogP contribution in [0.15, 0.2) is 48.8 Å². The van der Waals surface area contributed by atoms with E-state index >= 15 is 0 Å². The number of pyridine rings is 1. The summed E-state index contributed by atoms with van der Waals surface area (Å²) in [6, 6.07) is 10.3. The third-order valence-electron chi connectivity index (χ3n) is 2.68. The second kappa shape index (κ2) is 5.99. The van der Waals surface area contributed by atoms with E-state index in [0.29, 0.717) is 15.7 Å². The number of carbonyl (C=O) groups is 1. The number of hydrogen-bond acceptors (Lipinski definition) is 5. The molecule has 0 aliphatic carbocycles. The number of rotatable bonds is 3. The maximum absolute atomic E-state index is 12.0. The highest BCUT2D eigenvalue weighted by atomic mass is 35.5. The van der Waals surface area contributed by atoms with E-state index in [4.69, 9.17) is 11.6 Å². The van der Waals surface area contributed by atoms with Gasteiger partial charge in [0.05, 0.1) is 0 Å². The Kier molecular flexibility index (Phi) is 3.89. The molecule has 1 aromatic carbocycles. The molecule has 2 aromatic heterocycles. The summed E-state index contributed by atoms with van der Waals surface area (Å²) in [5, 5.41) is 12.5. The van der Waals surface area contributed by atoms with Crippen LogP contribution in [0.2, 0.25) is 5.02 Å². The zero-order valence-electron chi connectivity index (χ0n) is 10.7. The molecule has 0 saturated heterocycles. The molecule has 1 N–H and O–H groups in total. The van der Waals surface area contributed by atoms with Gasteiger partial charge in [-0.1, -0.05) is 22.9 Å². The van der Waals surface area contributed by atoms with Gasteiger partial charge in [0.25, 0.3) is 5.91 Å². The van der Waals surface area contributed by atoms with Crippen molar-refractivity contribution in [1.82, 2.24) is 15.2 Å². The van der Waals surface area contributed by atoms with E-state index < -0.39 is 0 Å². The lowest BCUT2D eigenvalue weighted by Crippen LogP contribution is -2.11. The molecule has 104 valence electrons. The van der Waals surface area contributed by atoms with Crippen molar-refractivity contribution < 1.29 is 4.79 Å². The van der Waals surface area contributed by atoms with Crippen LogP contribution in [0, 0.1) is 0 Å². The Hall–Kier alpha value is -2.31. The highest BCUT2D eigenvalue weighted by Crippen LogP contribution is 2.25. The van der Waals surface area contributed by atoms with Crippen LogP contribution in [0.25, 0.3) is 10.6 Å².